The van der Waals surface area contributed by atoms with Crippen molar-refractivity contribution in [3.63, 3.8) is 0 Å². The zero-order chi connectivity index (χ0) is 13.6. The van der Waals surface area contributed by atoms with Gasteiger partial charge in [0.15, 0.2) is 0 Å². The van der Waals surface area contributed by atoms with Gasteiger partial charge in [-0.3, -0.25) is 0 Å². The molecule has 1 heterocycles. The molecule has 0 unspecified atom stereocenters. The number of sulfonamides is 1. The van der Waals surface area contributed by atoms with Crippen LogP contribution in [0, 0.1) is 0 Å². The fourth-order valence-corrected chi connectivity index (χ4v) is 2.66. The molecule has 0 atom stereocenters. The molecular weight excluding hydrogens is 276 g/mol. The molecule has 102 valence electrons. The van der Waals surface area contributed by atoms with E-state index in [2.05, 4.69) is 15.0 Å². The maximum Gasteiger partial charge on any atom is 0.244 e. The number of anilines is 1. The van der Waals surface area contributed by atoms with Gasteiger partial charge in [0.1, 0.15) is 10.7 Å². The lowest BCUT2D eigenvalue weighted by Gasteiger charge is -2.09. The molecule has 0 amide bonds. The zero-order valence-corrected chi connectivity index (χ0v) is 11.7. The molecule has 0 bridgehead atoms. The molecule has 0 aliphatic rings. The Balaban J connectivity index is 2.66. The molecule has 0 saturated carbocycles. The van der Waals surface area contributed by atoms with Gasteiger partial charge in [0.25, 0.3) is 0 Å². The summed E-state index contributed by atoms with van der Waals surface area (Å²) >= 11 is 5.70. The van der Waals surface area contributed by atoms with Gasteiger partial charge in [0.05, 0.1) is 5.02 Å². The fourth-order valence-electron chi connectivity index (χ4n) is 1.30. The third-order valence-electron chi connectivity index (χ3n) is 2.16. The maximum atomic E-state index is 11.9. The minimum absolute atomic E-state index is 0.0617. The smallest absolute Gasteiger partial charge is 0.244 e. The van der Waals surface area contributed by atoms with Crippen molar-refractivity contribution >= 4 is 27.4 Å². The first-order valence-corrected chi connectivity index (χ1v) is 7.45. The summed E-state index contributed by atoms with van der Waals surface area (Å²) in [5.41, 5.74) is 5.52. The molecule has 1 rings (SSSR count). The van der Waals surface area contributed by atoms with Crippen molar-refractivity contribution in [3.8, 4) is 0 Å². The predicted octanol–water partition coefficient (Wildman–Crippen LogP) is 0.595. The van der Waals surface area contributed by atoms with Crippen molar-refractivity contribution in [1.82, 2.24) is 15.0 Å². The van der Waals surface area contributed by atoms with Crippen molar-refractivity contribution in [2.24, 2.45) is 0 Å². The highest BCUT2D eigenvalue weighted by molar-refractivity contribution is 7.89. The van der Waals surface area contributed by atoms with Crippen LogP contribution in [-0.2, 0) is 10.0 Å². The van der Waals surface area contributed by atoms with E-state index in [1.807, 2.05) is 6.92 Å². The molecule has 0 fully saturated rings. The second-order valence-corrected chi connectivity index (χ2v) is 5.86. The number of halogens is 1. The highest BCUT2D eigenvalue weighted by Crippen LogP contribution is 2.19. The molecule has 1 aromatic rings. The third-order valence-corrected chi connectivity index (χ3v) is 3.86. The van der Waals surface area contributed by atoms with E-state index in [4.69, 9.17) is 17.3 Å². The number of nitrogen functional groups attached to an aromatic ring is 1. The average Bonchev–Trinajstić information content (AvgIpc) is 2.32. The van der Waals surface area contributed by atoms with Crippen LogP contribution in [0.1, 0.15) is 13.3 Å². The Bertz CT molecular complexity index is 493. The zero-order valence-electron chi connectivity index (χ0n) is 10.1. The van der Waals surface area contributed by atoms with Gasteiger partial charge in [-0.15, -0.1) is 0 Å². The van der Waals surface area contributed by atoms with Crippen LogP contribution >= 0.6 is 11.6 Å². The van der Waals surface area contributed by atoms with Gasteiger partial charge in [-0.05, 0) is 19.0 Å². The van der Waals surface area contributed by atoms with E-state index >= 15 is 0 Å². The van der Waals surface area contributed by atoms with Crippen LogP contribution in [-0.4, -0.2) is 33.0 Å². The number of hydrogen-bond acceptors (Lipinski definition) is 5. The molecule has 0 aliphatic carbocycles. The highest BCUT2D eigenvalue weighted by atomic mass is 35.5. The van der Waals surface area contributed by atoms with Gasteiger partial charge in [0, 0.05) is 19.3 Å². The Labute approximate surface area is 112 Å². The largest absolute Gasteiger partial charge is 0.383 e. The molecule has 6 nitrogen and oxygen atoms in total. The van der Waals surface area contributed by atoms with Gasteiger partial charge in [-0.1, -0.05) is 18.5 Å². The number of rotatable bonds is 7. The van der Waals surface area contributed by atoms with Gasteiger partial charge in [0.2, 0.25) is 10.0 Å². The van der Waals surface area contributed by atoms with E-state index in [0.717, 1.165) is 13.0 Å². The highest BCUT2D eigenvalue weighted by Gasteiger charge is 2.18. The van der Waals surface area contributed by atoms with Gasteiger partial charge < -0.3 is 11.1 Å². The summed E-state index contributed by atoms with van der Waals surface area (Å²) in [6.07, 6.45) is 2.30. The van der Waals surface area contributed by atoms with Crippen molar-refractivity contribution in [3.05, 3.63) is 17.3 Å². The molecule has 0 aliphatic heterocycles. The number of nitrogens with zero attached hydrogens (tertiary/aromatic N) is 1. The molecule has 4 N–H and O–H groups in total. The molecule has 0 radical (unpaired) electrons. The Morgan fingerprint density at radius 1 is 1.39 bits per heavy atom. The van der Waals surface area contributed by atoms with Crippen molar-refractivity contribution in [1.29, 1.82) is 0 Å². The van der Waals surface area contributed by atoms with E-state index in [0.29, 0.717) is 6.54 Å². The summed E-state index contributed by atoms with van der Waals surface area (Å²) in [5, 5.41) is 3.32. The third kappa shape index (κ3) is 4.41. The van der Waals surface area contributed by atoms with E-state index in [9.17, 15) is 8.42 Å². The molecule has 18 heavy (non-hydrogen) atoms. The number of nitrogens with one attached hydrogen (secondary N) is 2. The second kappa shape index (κ2) is 6.89. The summed E-state index contributed by atoms with van der Waals surface area (Å²) in [4.78, 5) is 3.62. The molecule has 0 aromatic carbocycles. The molecule has 0 saturated heterocycles. The fraction of sp³-hybridized carbons (Fsp3) is 0.500. The summed E-state index contributed by atoms with van der Waals surface area (Å²) in [6.45, 7) is 3.73. The summed E-state index contributed by atoms with van der Waals surface area (Å²) in [5.74, 6) is -0.0617. The van der Waals surface area contributed by atoms with E-state index in [1.54, 1.807) is 0 Å². The van der Waals surface area contributed by atoms with Crippen LogP contribution in [0.25, 0.3) is 0 Å². The number of aromatic nitrogens is 1. The van der Waals surface area contributed by atoms with E-state index in [1.165, 1.54) is 12.3 Å². The Hall–Kier alpha value is -0.890. The first-order valence-electron chi connectivity index (χ1n) is 5.58. The monoisotopic (exact) mass is 292 g/mol. The summed E-state index contributed by atoms with van der Waals surface area (Å²) in [6, 6.07) is 1.28. The predicted molar refractivity (Wildman–Crippen MR) is 72.0 cm³/mol. The number of nitrogens with two attached hydrogens (primary N) is 1. The molecule has 1 aromatic heterocycles. The molecular formula is C10H17ClN4O2S. The Morgan fingerprint density at radius 2 is 2.11 bits per heavy atom. The Kier molecular flexibility index (Phi) is 5.80. The lowest BCUT2D eigenvalue weighted by molar-refractivity contribution is 0.575. The minimum atomic E-state index is -3.66. The van der Waals surface area contributed by atoms with Crippen molar-refractivity contribution in [2.45, 2.75) is 18.2 Å². The first kappa shape index (κ1) is 15.2. The van der Waals surface area contributed by atoms with Crippen LogP contribution in [0.3, 0.4) is 0 Å². The minimum Gasteiger partial charge on any atom is -0.383 e. The van der Waals surface area contributed by atoms with Gasteiger partial charge in [-0.2, -0.15) is 0 Å². The summed E-state index contributed by atoms with van der Waals surface area (Å²) in [7, 11) is -3.66. The average molecular weight is 293 g/mol. The van der Waals surface area contributed by atoms with Crippen LogP contribution < -0.4 is 15.8 Å². The lowest BCUT2D eigenvalue weighted by atomic mass is 10.5. The van der Waals surface area contributed by atoms with Gasteiger partial charge >= 0.3 is 0 Å². The second-order valence-electron chi connectivity index (χ2n) is 3.68. The van der Waals surface area contributed by atoms with Crippen molar-refractivity contribution in [2.75, 3.05) is 25.4 Å². The van der Waals surface area contributed by atoms with Crippen LogP contribution in [0.2, 0.25) is 5.02 Å². The molecule has 8 heteroatoms. The normalized spacial score (nSPS) is 11.7. The Morgan fingerprint density at radius 3 is 2.78 bits per heavy atom. The van der Waals surface area contributed by atoms with Crippen LogP contribution in [0.5, 0.6) is 0 Å². The van der Waals surface area contributed by atoms with Crippen LogP contribution in [0.15, 0.2) is 17.2 Å². The maximum absolute atomic E-state index is 11.9. The van der Waals surface area contributed by atoms with E-state index in [-0.39, 0.29) is 22.3 Å². The van der Waals surface area contributed by atoms with Gasteiger partial charge in [-0.25, -0.2) is 18.1 Å². The quantitative estimate of drug-likeness (QED) is 0.639. The SMILES string of the molecule is CCCNCCNS(=O)(=O)c1cc(Cl)cnc1N. The summed E-state index contributed by atoms with van der Waals surface area (Å²) < 4.78 is 26.3. The van der Waals surface area contributed by atoms with Crippen LogP contribution in [0.4, 0.5) is 5.82 Å². The number of pyridine rings is 1. The molecule has 0 spiro atoms. The van der Waals surface area contributed by atoms with E-state index < -0.39 is 10.0 Å². The number of hydrogen-bond donors (Lipinski definition) is 3. The first-order chi connectivity index (χ1) is 8.47. The standard InChI is InChI=1S/C10H17ClN4O2S/c1-2-3-13-4-5-15-18(16,17)9-6-8(11)7-14-10(9)12/h6-7,13,15H,2-5H2,1H3,(H2,12,14). The van der Waals surface area contributed by atoms with Crippen molar-refractivity contribution < 1.29 is 8.42 Å². The lowest BCUT2D eigenvalue weighted by Crippen LogP contribution is -2.32. The topological polar surface area (TPSA) is 97.1 Å².